The van der Waals surface area contributed by atoms with Crippen LogP contribution < -0.4 is 5.32 Å². The third-order valence-electron chi connectivity index (χ3n) is 2.44. The molecule has 0 spiro atoms. The van der Waals surface area contributed by atoms with E-state index in [0.29, 0.717) is 25.5 Å². The second-order valence-electron chi connectivity index (χ2n) is 4.16. The summed E-state index contributed by atoms with van der Waals surface area (Å²) >= 11 is 7.38. The van der Waals surface area contributed by atoms with Gasteiger partial charge in [0.1, 0.15) is 0 Å². The Labute approximate surface area is 128 Å². The van der Waals surface area contributed by atoms with Crippen LogP contribution in [0.25, 0.3) is 0 Å². The quantitative estimate of drug-likeness (QED) is 0.649. The van der Waals surface area contributed by atoms with Gasteiger partial charge in [0.25, 0.3) is 0 Å². The highest BCUT2D eigenvalue weighted by molar-refractivity contribution is 7.99. The van der Waals surface area contributed by atoms with E-state index in [4.69, 9.17) is 21.4 Å². The number of nitrogens with one attached hydrogen (secondary N) is 1. The molecule has 0 bridgehead atoms. The van der Waals surface area contributed by atoms with Crippen LogP contribution in [0.3, 0.4) is 0 Å². The first-order chi connectivity index (χ1) is 9.72. The Morgan fingerprint density at radius 2 is 2.05 bits per heavy atom. The fraction of sp³-hybridized carbons (Fsp3) is 0.500. The van der Waals surface area contributed by atoms with Crippen LogP contribution in [0.5, 0.6) is 0 Å². The lowest BCUT2D eigenvalue weighted by Crippen LogP contribution is -2.27. The topological polar surface area (TPSA) is 58.6 Å². The normalized spacial score (nSPS) is 10.5. The summed E-state index contributed by atoms with van der Waals surface area (Å²) < 4.78 is 5.10. The molecule has 1 rings (SSSR count). The van der Waals surface area contributed by atoms with Crippen LogP contribution >= 0.6 is 23.4 Å². The van der Waals surface area contributed by atoms with E-state index in [1.807, 2.05) is 24.3 Å². The zero-order valence-corrected chi connectivity index (χ0v) is 12.9. The molecule has 112 valence electrons. The number of hydrogen-bond donors (Lipinski definition) is 2. The molecule has 1 amide bonds. The maximum Gasteiger partial charge on any atom is 0.230 e. The van der Waals surface area contributed by atoms with E-state index in [0.717, 1.165) is 22.8 Å². The van der Waals surface area contributed by atoms with E-state index >= 15 is 0 Å². The molecule has 1 aromatic carbocycles. The van der Waals surface area contributed by atoms with E-state index in [9.17, 15) is 4.79 Å². The first-order valence-electron chi connectivity index (χ1n) is 6.50. The summed E-state index contributed by atoms with van der Waals surface area (Å²) in [5, 5.41) is 12.1. The van der Waals surface area contributed by atoms with Crippen LogP contribution in [0.1, 0.15) is 12.0 Å². The van der Waals surface area contributed by atoms with Gasteiger partial charge in [0.2, 0.25) is 5.91 Å². The van der Waals surface area contributed by atoms with Crippen molar-refractivity contribution in [3.63, 3.8) is 0 Å². The van der Waals surface area contributed by atoms with Gasteiger partial charge >= 0.3 is 0 Å². The molecular formula is C14H20ClNO3S. The lowest BCUT2D eigenvalue weighted by atomic mass is 10.2. The molecule has 0 radical (unpaired) electrons. The molecule has 0 aliphatic heterocycles. The van der Waals surface area contributed by atoms with Crippen molar-refractivity contribution in [1.29, 1.82) is 0 Å². The molecule has 0 unspecified atom stereocenters. The van der Waals surface area contributed by atoms with Crippen LogP contribution in [0.2, 0.25) is 5.02 Å². The summed E-state index contributed by atoms with van der Waals surface area (Å²) in [6.45, 7) is 1.54. The second kappa shape index (κ2) is 11.0. The Hall–Kier alpha value is -0.750. The fourth-order valence-corrected chi connectivity index (χ4v) is 2.41. The number of carbonyl (C=O) groups excluding carboxylic acids is 1. The highest BCUT2D eigenvalue weighted by Gasteiger charge is 2.01. The summed E-state index contributed by atoms with van der Waals surface area (Å²) in [6, 6.07) is 7.63. The van der Waals surface area contributed by atoms with Crippen molar-refractivity contribution in [2.75, 3.05) is 32.1 Å². The standard InChI is InChI=1S/C14H20ClNO3S/c15-13-4-2-12(3-5-13)10-20-11-14(18)16-6-1-8-19-9-7-17/h2-5,17H,1,6-11H2,(H,16,18). The lowest BCUT2D eigenvalue weighted by molar-refractivity contribution is -0.118. The highest BCUT2D eigenvalue weighted by Crippen LogP contribution is 2.15. The van der Waals surface area contributed by atoms with Crippen molar-refractivity contribution in [2.45, 2.75) is 12.2 Å². The van der Waals surface area contributed by atoms with Gasteiger partial charge in [0, 0.05) is 23.9 Å². The Bertz CT molecular complexity index is 387. The van der Waals surface area contributed by atoms with Gasteiger partial charge in [-0.25, -0.2) is 0 Å². The zero-order chi connectivity index (χ0) is 14.6. The molecule has 4 nitrogen and oxygen atoms in total. The largest absolute Gasteiger partial charge is 0.394 e. The molecule has 0 aliphatic rings. The Morgan fingerprint density at radius 1 is 1.30 bits per heavy atom. The van der Waals surface area contributed by atoms with E-state index in [-0.39, 0.29) is 12.5 Å². The van der Waals surface area contributed by atoms with Crippen LogP contribution in [0.15, 0.2) is 24.3 Å². The van der Waals surface area contributed by atoms with Crippen molar-refractivity contribution in [1.82, 2.24) is 5.32 Å². The van der Waals surface area contributed by atoms with Gasteiger partial charge in [-0.3, -0.25) is 4.79 Å². The molecule has 2 N–H and O–H groups in total. The number of thioether (sulfide) groups is 1. The number of rotatable bonds is 10. The molecule has 0 heterocycles. The number of halogens is 1. The molecule has 0 fully saturated rings. The van der Waals surface area contributed by atoms with E-state index in [1.165, 1.54) is 0 Å². The zero-order valence-electron chi connectivity index (χ0n) is 11.3. The molecule has 0 aliphatic carbocycles. The second-order valence-corrected chi connectivity index (χ2v) is 5.58. The minimum Gasteiger partial charge on any atom is -0.394 e. The smallest absolute Gasteiger partial charge is 0.230 e. The first-order valence-corrected chi connectivity index (χ1v) is 8.03. The number of hydrogen-bond acceptors (Lipinski definition) is 4. The fourth-order valence-electron chi connectivity index (χ4n) is 1.46. The first kappa shape index (κ1) is 17.3. The predicted molar refractivity (Wildman–Crippen MR) is 83.1 cm³/mol. The van der Waals surface area contributed by atoms with Crippen molar-refractivity contribution < 1.29 is 14.6 Å². The highest BCUT2D eigenvalue weighted by atomic mass is 35.5. The van der Waals surface area contributed by atoms with Gasteiger partial charge in [-0.1, -0.05) is 23.7 Å². The van der Waals surface area contributed by atoms with E-state index in [2.05, 4.69) is 5.32 Å². The molecule has 0 saturated carbocycles. The van der Waals surface area contributed by atoms with Crippen molar-refractivity contribution in [3.05, 3.63) is 34.9 Å². The van der Waals surface area contributed by atoms with Crippen molar-refractivity contribution in [3.8, 4) is 0 Å². The van der Waals surface area contributed by atoms with E-state index < -0.39 is 0 Å². The number of benzene rings is 1. The maximum atomic E-state index is 11.5. The Balaban J connectivity index is 2.01. The number of amides is 1. The minimum atomic E-state index is 0.0334. The van der Waals surface area contributed by atoms with Gasteiger partial charge in [0.15, 0.2) is 0 Å². The SMILES string of the molecule is O=C(CSCc1ccc(Cl)cc1)NCCCOCCO. The molecule has 0 saturated heterocycles. The molecule has 1 aromatic rings. The lowest BCUT2D eigenvalue weighted by Gasteiger charge is -2.06. The maximum absolute atomic E-state index is 11.5. The van der Waals surface area contributed by atoms with Gasteiger partial charge in [-0.15, -0.1) is 11.8 Å². The van der Waals surface area contributed by atoms with Crippen LogP contribution in [-0.4, -0.2) is 43.1 Å². The molecule has 6 heteroatoms. The van der Waals surface area contributed by atoms with Gasteiger partial charge in [-0.2, -0.15) is 0 Å². The monoisotopic (exact) mass is 317 g/mol. The molecular weight excluding hydrogens is 298 g/mol. The summed E-state index contributed by atoms with van der Waals surface area (Å²) in [7, 11) is 0. The summed E-state index contributed by atoms with van der Waals surface area (Å²) in [5.41, 5.74) is 1.16. The summed E-state index contributed by atoms with van der Waals surface area (Å²) in [4.78, 5) is 11.5. The minimum absolute atomic E-state index is 0.0334. The van der Waals surface area contributed by atoms with Crippen LogP contribution in [-0.2, 0) is 15.3 Å². The van der Waals surface area contributed by atoms with Gasteiger partial charge < -0.3 is 15.2 Å². The van der Waals surface area contributed by atoms with Gasteiger partial charge in [-0.05, 0) is 24.1 Å². The predicted octanol–water partition coefficient (Wildman–Crippen LogP) is 2.09. The van der Waals surface area contributed by atoms with Gasteiger partial charge in [0.05, 0.1) is 19.0 Å². The Morgan fingerprint density at radius 3 is 2.75 bits per heavy atom. The number of aliphatic hydroxyl groups is 1. The van der Waals surface area contributed by atoms with Crippen molar-refractivity contribution >= 4 is 29.3 Å². The average molecular weight is 318 g/mol. The molecule has 20 heavy (non-hydrogen) atoms. The van der Waals surface area contributed by atoms with Crippen molar-refractivity contribution in [2.24, 2.45) is 0 Å². The Kier molecular flexibility index (Phi) is 9.49. The third kappa shape index (κ3) is 8.43. The van der Waals surface area contributed by atoms with Crippen LogP contribution in [0, 0.1) is 0 Å². The molecule has 0 aromatic heterocycles. The van der Waals surface area contributed by atoms with E-state index in [1.54, 1.807) is 11.8 Å². The van der Waals surface area contributed by atoms with Crippen LogP contribution in [0.4, 0.5) is 0 Å². The average Bonchev–Trinajstić information content (AvgIpc) is 2.45. The number of aliphatic hydroxyl groups excluding tert-OH is 1. The summed E-state index contributed by atoms with van der Waals surface area (Å²) in [6.07, 6.45) is 0.758. The summed E-state index contributed by atoms with van der Waals surface area (Å²) in [5.74, 6) is 1.27. The molecule has 0 atom stereocenters. The number of carbonyl (C=O) groups is 1. The third-order valence-corrected chi connectivity index (χ3v) is 3.69. The number of ether oxygens (including phenoxy) is 1.